The Bertz CT molecular complexity index is 459. The summed E-state index contributed by atoms with van der Waals surface area (Å²) in [5, 5.41) is 3.04. The lowest BCUT2D eigenvalue weighted by molar-refractivity contribution is -0.120. The minimum Gasteiger partial charge on any atom is -0.356 e. The molecule has 1 fully saturated rings. The number of amides is 1. The lowest BCUT2D eigenvalue weighted by Crippen LogP contribution is -2.40. The minimum absolute atomic E-state index is 0.129. The summed E-state index contributed by atoms with van der Waals surface area (Å²) >= 11 is 0. The van der Waals surface area contributed by atoms with Crippen LogP contribution in [0, 0.1) is 18.8 Å². The molecule has 0 radical (unpaired) electrons. The maximum atomic E-state index is 11.9. The number of likely N-dealkylation sites (tertiary alicyclic amines) is 1. The summed E-state index contributed by atoms with van der Waals surface area (Å²) in [6.07, 6.45) is 2.88. The van der Waals surface area contributed by atoms with E-state index in [1.165, 1.54) is 25.1 Å². The first-order chi connectivity index (χ1) is 10.5. The SMILES string of the molecule is Cc1ccc(CC(=O)NCCCN2C[C@H](C)C[C@@H](C)C2)cc1. The van der Waals surface area contributed by atoms with Crippen molar-refractivity contribution in [2.45, 2.75) is 40.0 Å². The molecule has 0 bridgehead atoms. The largest absolute Gasteiger partial charge is 0.356 e. The first kappa shape index (κ1) is 17.0. The molecule has 22 heavy (non-hydrogen) atoms. The van der Waals surface area contributed by atoms with Gasteiger partial charge in [-0.25, -0.2) is 0 Å². The van der Waals surface area contributed by atoms with Crippen LogP contribution in [0.1, 0.15) is 37.8 Å². The number of hydrogen-bond donors (Lipinski definition) is 1. The third kappa shape index (κ3) is 5.80. The van der Waals surface area contributed by atoms with Crippen LogP contribution < -0.4 is 5.32 Å². The highest BCUT2D eigenvalue weighted by atomic mass is 16.1. The Balaban J connectivity index is 1.62. The molecule has 1 saturated heterocycles. The number of nitrogens with zero attached hydrogens (tertiary/aromatic N) is 1. The molecule has 1 amide bonds. The van der Waals surface area contributed by atoms with Crippen molar-refractivity contribution in [2.24, 2.45) is 11.8 Å². The van der Waals surface area contributed by atoms with Crippen LogP contribution in [0.5, 0.6) is 0 Å². The van der Waals surface area contributed by atoms with E-state index in [-0.39, 0.29) is 5.91 Å². The smallest absolute Gasteiger partial charge is 0.224 e. The second-order valence-corrected chi connectivity index (χ2v) is 7.07. The van der Waals surface area contributed by atoms with Crippen LogP contribution in [0.4, 0.5) is 0 Å². The Morgan fingerprint density at radius 3 is 2.45 bits per heavy atom. The number of carbonyl (C=O) groups is 1. The number of aryl methyl sites for hydroxylation is 1. The average Bonchev–Trinajstić information content (AvgIpc) is 2.45. The normalized spacial score (nSPS) is 22.5. The van der Waals surface area contributed by atoms with Crippen LogP contribution in [-0.4, -0.2) is 37.0 Å². The zero-order valence-corrected chi connectivity index (χ0v) is 14.3. The van der Waals surface area contributed by atoms with Crippen molar-refractivity contribution < 1.29 is 4.79 Å². The van der Waals surface area contributed by atoms with E-state index in [1.807, 2.05) is 12.1 Å². The van der Waals surface area contributed by atoms with Crippen molar-refractivity contribution in [1.82, 2.24) is 10.2 Å². The molecule has 3 heteroatoms. The summed E-state index contributed by atoms with van der Waals surface area (Å²) in [6.45, 7) is 11.0. The summed E-state index contributed by atoms with van der Waals surface area (Å²) in [7, 11) is 0. The number of benzene rings is 1. The summed E-state index contributed by atoms with van der Waals surface area (Å²) in [5.41, 5.74) is 2.32. The highest BCUT2D eigenvalue weighted by Crippen LogP contribution is 2.20. The van der Waals surface area contributed by atoms with Gasteiger partial charge in [-0.2, -0.15) is 0 Å². The van der Waals surface area contributed by atoms with Crippen LogP contribution in [0.2, 0.25) is 0 Å². The van der Waals surface area contributed by atoms with Crippen LogP contribution in [0.3, 0.4) is 0 Å². The monoisotopic (exact) mass is 302 g/mol. The van der Waals surface area contributed by atoms with E-state index in [0.29, 0.717) is 6.42 Å². The molecule has 1 aliphatic rings. The molecule has 122 valence electrons. The quantitative estimate of drug-likeness (QED) is 0.819. The molecule has 2 atom stereocenters. The van der Waals surface area contributed by atoms with Crippen molar-refractivity contribution in [3.8, 4) is 0 Å². The number of nitrogens with one attached hydrogen (secondary N) is 1. The molecule has 1 aromatic rings. The topological polar surface area (TPSA) is 32.3 Å². The lowest BCUT2D eigenvalue weighted by atomic mass is 9.92. The van der Waals surface area contributed by atoms with Gasteiger partial charge in [0.05, 0.1) is 6.42 Å². The summed E-state index contributed by atoms with van der Waals surface area (Å²) in [6, 6.07) is 8.18. The fourth-order valence-corrected chi connectivity index (χ4v) is 3.46. The Labute approximate surface area is 135 Å². The Hall–Kier alpha value is -1.35. The maximum Gasteiger partial charge on any atom is 0.224 e. The van der Waals surface area contributed by atoms with E-state index < -0.39 is 0 Å². The molecule has 0 spiro atoms. The molecule has 1 aromatic carbocycles. The van der Waals surface area contributed by atoms with Gasteiger partial charge in [0.25, 0.3) is 0 Å². The predicted molar refractivity (Wildman–Crippen MR) is 91.9 cm³/mol. The third-order valence-electron chi connectivity index (χ3n) is 4.40. The summed E-state index contributed by atoms with van der Waals surface area (Å²) in [5.74, 6) is 1.74. The van der Waals surface area contributed by atoms with Gasteiger partial charge in [-0.05, 0) is 43.7 Å². The van der Waals surface area contributed by atoms with E-state index in [2.05, 4.69) is 43.1 Å². The minimum atomic E-state index is 0.129. The molecule has 2 rings (SSSR count). The molecule has 1 aliphatic heterocycles. The van der Waals surface area contributed by atoms with Gasteiger partial charge in [-0.3, -0.25) is 4.79 Å². The molecule has 0 aliphatic carbocycles. The number of carbonyl (C=O) groups excluding carboxylic acids is 1. The molecule has 1 N–H and O–H groups in total. The third-order valence-corrected chi connectivity index (χ3v) is 4.40. The second kappa shape index (κ2) is 8.33. The van der Waals surface area contributed by atoms with Crippen LogP contribution >= 0.6 is 0 Å². The highest BCUT2D eigenvalue weighted by molar-refractivity contribution is 5.78. The standard InChI is InChI=1S/C19H30N2O/c1-15-5-7-18(8-6-15)12-19(22)20-9-4-10-21-13-16(2)11-17(3)14-21/h5-8,16-17H,4,9-14H2,1-3H3,(H,20,22)/t16-,17-/m1/s1. The van der Waals surface area contributed by atoms with Crippen molar-refractivity contribution in [2.75, 3.05) is 26.2 Å². The fraction of sp³-hybridized carbons (Fsp3) is 0.632. The van der Waals surface area contributed by atoms with Gasteiger partial charge in [0.2, 0.25) is 5.91 Å². The van der Waals surface area contributed by atoms with Gasteiger partial charge < -0.3 is 10.2 Å². The fourth-order valence-electron chi connectivity index (χ4n) is 3.46. The van der Waals surface area contributed by atoms with E-state index in [4.69, 9.17) is 0 Å². The Kier molecular flexibility index (Phi) is 6.44. The predicted octanol–water partition coefficient (Wildman–Crippen LogP) is 3.02. The molecule has 0 aromatic heterocycles. The molecule has 0 saturated carbocycles. The van der Waals surface area contributed by atoms with Gasteiger partial charge in [0, 0.05) is 19.6 Å². The van der Waals surface area contributed by atoms with E-state index in [1.54, 1.807) is 0 Å². The summed E-state index contributed by atoms with van der Waals surface area (Å²) < 4.78 is 0. The van der Waals surface area contributed by atoms with Gasteiger partial charge >= 0.3 is 0 Å². The zero-order chi connectivity index (χ0) is 15.9. The molecule has 0 unspecified atom stereocenters. The average molecular weight is 302 g/mol. The van der Waals surface area contributed by atoms with Gasteiger partial charge in [0.1, 0.15) is 0 Å². The van der Waals surface area contributed by atoms with E-state index >= 15 is 0 Å². The number of rotatable bonds is 6. The van der Waals surface area contributed by atoms with Crippen LogP contribution in [0.25, 0.3) is 0 Å². The lowest BCUT2D eigenvalue weighted by Gasteiger charge is -2.34. The van der Waals surface area contributed by atoms with Gasteiger partial charge in [-0.15, -0.1) is 0 Å². The van der Waals surface area contributed by atoms with Gasteiger partial charge in [-0.1, -0.05) is 43.7 Å². The molecular formula is C19H30N2O. The van der Waals surface area contributed by atoms with E-state index in [0.717, 1.165) is 36.9 Å². The zero-order valence-electron chi connectivity index (χ0n) is 14.3. The van der Waals surface area contributed by atoms with Gasteiger partial charge in [0.15, 0.2) is 0 Å². The van der Waals surface area contributed by atoms with Crippen molar-refractivity contribution in [3.63, 3.8) is 0 Å². The van der Waals surface area contributed by atoms with Crippen LogP contribution in [-0.2, 0) is 11.2 Å². The Morgan fingerprint density at radius 1 is 1.18 bits per heavy atom. The van der Waals surface area contributed by atoms with Crippen molar-refractivity contribution in [1.29, 1.82) is 0 Å². The first-order valence-corrected chi connectivity index (χ1v) is 8.57. The molecule has 3 nitrogen and oxygen atoms in total. The number of piperidine rings is 1. The van der Waals surface area contributed by atoms with Crippen molar-refractivity contribution >= 4 is 5.91 Å². The Morgan fingerprint density at radius 2 is 1.82 bits per heavy atom. The molecule has 1 heterocycles. The first-order valence-electron chi connectivity index (χ1n) is 8.57. The van der Waals surface area contributed by atoms with Crippen molar-refractivity contribution in [3.05, 3.63) is 35.4 Å². The van der Waals surface area contributed by atoms with E-state index in [9.17, 15) is 4.79 Å². The highest BCUT2D eigenvalue weighted by Gasteiger charge is 2.20. The summed E-state index contributed by atoms with van der Waals surface area (Å²) in [4.78, 5) is 14.5. The number of hydrogen-bond acceptors (Lipinski definition) is 2. The maximum absolute atomic E-state index is 11.9. The second-order valence-electron chi connectivity index (χ2n) is 7.07. The molecular weight excluding hydrogens is 272 g/mol. The van der Waals surface area contributed by atoms with Crippen LogP contribution in [0.15, 0.2) is 24.3 Å².